The van der Waals surface area contributed by atoms with E-state index in [0.29, 0.717) is 12.8 Å². The molecule has 0 spiro atoms. The number of hydrogen-bond donors (Lipinski definition) is 2. The van der Waals surface area contributed by atoms with Crippen molar-refractivity contribution < 1.29 is 36.3 Å². The second kappa shape index (κ2) is 13.8. The molecule has 0 aliphatic heterocycles. The number of hydrogen-bond acceptors (Lipinski definition) is 7. The van der Waals surface area contributed by atoms with E-state index in [1.165, 1.54) is 29.5 Å². The van der Waals surface area contributed by atoms with Crippen LogP contribution in [0.3, 0.4) is 0 Å². The molecule has 268 valence electrons. The smallest absolute Gasteiger partial charge is 0.411 e. The van der Waals surface area contributed by atoms with Crippen LogP contribution in [-0.2, 0) is 15.1 Å². The van der Waals surface area contributed by atoms with E-state index in [-0.39, 0.29) is 40.5 Å². The van der Waals surface area contributed by atoms with E-state index in [9.17, 15) is 31.5 Å². The van der Waals surface area contributed by atoms with E-state index in [1.54, 1.807) is 0 Å². The molecule has 10 nitrogen and oxygen atoms in total. The highest BCUT2D eigenvalue weighted by Crippen LogP contribution is 2.49. The highest BCUT2D eigenvalue weighted by molar-refractivity contribution is 7.19. The van der Waals surface area contributed by atoms with Crippen LogP contribution in [0.25, 0.3) is 15.8 Å². The number of alkyl halides is 5. The van der Waals surface area contributed by atoms with Gasteiger partial charge in [-0.25, -0.2) is 28.2 Å². The lowest BCUT2D eigenvalue weighted by molar-refractivity contribution is -0.164. The first kappa shape index (κ1) is 37.0. The first-order chi connectivity index (χ1) is 23.4. The van der Waals surface area contributed by atoms with Crippen LogP contribution in [-0.4, -0.2) is 56.4 Å². The van der Waals surface area contributed by atoms with Crippen LogP contribution >= 0.6 is 22.9 Å². The van der Waals surface area contributed by atoms with Crippen LogP contribution in [0.15, 0.2) is 59.9 Å². The Labute approximate surface area is 293 Å². The van der Waals surface area contributed by atoms with Gasteiger partial charge < -0.3 is 15.8 Å². The van der Waals surface area contributed by atoms with Crippen molar-refractivity contribution in [3.63, 3.8) is 0 Å². The van der Waals surface area contributed by atoms with E-state index < -0.39 is 48.2 Å². The van der Waals surface area contributed by atoms with Crippen LogP contribution in [0.2, 0.25) is 5.02 Å². The number of benzene rings is 2. The van der Waals surface area contributed by atoms with E-state index in [2.05, 4.69) is 10.1 Å². The van der Waals surface area contributed by atoms with E-state index >= 15 is 0 Å². The van der Waals surface area contributed by atoms with Gasteiger partial charge in [0.15, 0.2) is 11.8 Å². The minimum atomic E-state index is -4.70. The SMILES string of the molecule is CC(C)(C)C[C@@](C)(N=C(N)N(C=O)[C@H](COC(=O)NC1(C(F)(F)F)CC1)c1ccc(Cl)c(-n2ncnc2C(F)F)c1)c1cc2ccccc2s1. The lowest BCUT2D eigenvalue weighted by Crippen LogP contribution is -2.49. The van der Waals surface area contributed by atoms with Gasteiger partial charge in [0.25, 0.3) is 6.43 Å². The first-order valence-electron chi connectivity index (χ1n) is 15.4. The molecule has 0 radical (unpaired) electrons. The van der Waals surface area contributed by atoms with Gasteiger partial charge in [0, 0.05) is 9.58 Å². The van der Waals surface area contributed by atoms with Gasteiger partial charge in [-0.1, -0.05) is 56.6 Å². The fraction of sp³-hybridized carbons (Fsp3) is 0.424. The summed E-state index contributed by atoms with van der Waals surface area (Å²) in [5.41, 5.74) is 3.05. The summed E-state index contributed by atoms with van der Waals surface area (Å²) in [5, 5.41) is 6.71. The third-order valence-corrected chi connectivity index (χ3v) is 9.95. The number of nitrogens with two attached hydrogens (primary N) is 1. The Morgan fingerprint density at radius 3 is 2.48 bits per heavy atom. The maximum atomic E-state index is 13.7. The van der Waals surface area contributed by atoms with E-state index in [0.717, 1.165) is 30.9 Å². The van der Waals surface area contributed by atoms with Crippen molar-refractivity contribution in [1.82, 2.24) is 25.0 Å². The fourth-order valence-electron chi connectivity index (χ4n) is 5.87. The Kier molecular flexibility index (Phi) is 10.2. The summed E-state index contributed by atoms with van der Waals surface area (Å²) in [5.74, 6) is -1.01. The van der Waals surface area contributed by atoms with Crippen LogP contribution in [0.5, 0.6) is 0 Å². The minimum Gasteiger partial charge on any atom is -0.447 e. The first-order valence-corrected chi connectivity index (χ1v) is 16.6. The zero-order valence-corrected chi connectivity index (χ0v) is 29.0. The van der Waals surface area contributed by atoms with Crippen molar-refractivity contribution in [3.8, 4) is 5.69 Å². The molecular formula is C33H35ClF5N7O3S. The summed E-state index contributed by atoms with van der Waals surface area (Å²) in [6, 6.07) is 12.5. The molecule has 5 rings (SSSR count). The monoisotopic (exact) mass is 739 g/mol. The number of fused-ring (bicyclic) bond motifs is 1. The number of rotatable bonds is 11. The fourth-order valence-corrected chi connectivity index (χ4v) is 7.22. The lowest BCUT2D eigenvalue weighted by Gasteiger charge is -2.34. The van der Waals surface area contributed by atoms with Gasteiger partial charge in [0.05, 0.1) is 22.3 Å². The third-order valence-electron chi connectivity index (χ3n) is 8.26. The normalized spacial score (nSPS) is 16.6. The standard InChI is InChI=1S/C33H35ClF5N7O3S/c1-30(2,3)16-31(4,25-14-20-7-5-6-8-24(20)50-25)43-28(40)45(18-47)23(15-49-29(48)44-32(11-12-32)33(37,38)39)19-9-10-21(34)22(13-19)46-27(26(35)36)41-17-42-46/h5-10,13-14,17-18,23,26H,11-12,15-16H2,1-4H3,(H2,40,43)(H,44,48)/t23-,31-/m1/s1. The van der Waals surface area contributed by atoms with Gasteiger partial charge in [0.1, 0.15) is 18.5 Å². The van der Waals surface area contributed by atoms with Crippen LogP contribution in [0.1, 0.15) is 75.7 Å². The van der Waals surface area contributed by atoms with Gasteiger partial charge in [0.2, 0.25) is 6.41 Å². The average Bonchev–Trinajstić information content (AvgIpc) is 3.43. The molecular weight excluding hydrogens is 705 g/mol. The highest BCUT2D eigenvalue weighted by Gasteiger charge is 2.64. The molecule has 0 unspecified atom stereocenters. The molecule has 1 saturated carbocycles. The molecule has 17 heteroatoms. The summed E-state index contributed by atoms with van der Waals surface area (Å²) < 4.78 is 75.3. The highest BCUT2D eigenvalue weighted by atomic mass is 35.5. The molecule has 2 aromatic carbocycles. The number of carbonyl (C=O) groups is 2. The third kappa shape index (κ3) is 7.85. The van der Waals surface area contributed by atoms with Gasteiger partial charge in [-0.15, -0.1) is 11.3 Å². The zero-order chi connectivity index (χ0) is 36.6. The number of carbonyl (C=O) groups excluding carboxylic acids is 2. The molecule has 0 saturated heterocycles. The molecule has 4 aromatic rings. The van der Waals surface area contributed by atoms with Crippen molar-refractivity contribution in [3.05, 3.63) is 76.1 Å². The van der Waals surface area contributed by atoms with Gasteiger partial charge in [-0.3, -0.25) is 9.69 Å². The van der Waals surface area contributed by atoms with Crippen molar-refractivity contribution in [2.24, 2.45) is 16.1 Å². The molecule has 2 atom stereocenters. The predicted octanol–water partition coefficient (Wildman–Crippen LogP) is 8.06. The van der Waals surface area contributed by atoms with Crippen molar-refractivity contribution in [2.75, 3.05) is 6.61 Å². The topological polar surface area (TPSA) is 128 Å². The minimum absolute atomic E-state index is 0.0128. The molecule has 50 heavy (non-hydrogen) atoms. The lowest BCUT2D eigenvalue weighted by atomic mass is 9.80. The maximum Gasteiger partial charge on any atom is 0.411 e. The van der Waals surface area contributed by atoms with E-state index in [1.807, 2.05) is 63.3 Å². The van der Waals surface area contributed by atoms with E-state index in [4.69, 9.17) is 27.1 Å². The number of nitrogens with one attached hydrogen (secondary N) is 1. The second-order valence-electron chi connectivity index (χ2n) is 13.5. The summed E-state index contributed by atoms with van der Waals surface area (Å²) in [6.45, 7) is 7.25. The summed E-state index contributed by atoms with van der Waals surface area (Å²) in [6.07, 6.45) is -7.99. The average molecular weight is 740 g/mol. The van der Waals surface area contributed by atoms with Crippen molar-refractivity contribution >= 4 is 51.5 Å². The maximum absolute atomic E-state index is 13.7. The van der Waals surface area contributed by atoms with Gasteiger partial charge >= 0.3 is 12.3 Å². The number of halogens is 6. The largest absolute Gasteiger partial charge is 0.447 e. The Morgan fingerprint density at radius 1 is 1.18 bits per heavy atom. The van der Waals surface area contributed by atoms with Gasteiger partial charge in [-0.05, 0) is 66.8 Å². The number of amides is 2. The number of guanidine groups is 1. The molecule has 1 fully saturated rings. The summed E-state index contributed by atoms with van der Waals surface area (Å²) in [7, 11) is 0. The quantitative estimate of drug-likeness (QED) is 0.0694. The Bertz CT molecular complexity index is 1870. The molecule has 1 aliphatic rings. The Morgan fingerprint density at radius 2 is 1.88 bits per heavy atom. The molecule has 3 N–H and O–H groups in total. The Balaban J connectivity index is 1.57. The second-order valence-corrected chi connectivity index (χ2v) is 15.0. The van der Waals surface area contributed by atoms with Crippen molar-refractivity contribution in [1.29, 1.82) is 0 Å². The molecule has 0 bridgehead atoms. The zero-order valence-electron chi connectivity index (χ0n) is 27.5. The number of nitrogens with zero attached hydrogens (tertiary/aromatic N) is 5. The number of ether oxygens (including phenoxy) is 1. The van der Waals surface area contributed by atoms with Crippen LogP contribution in [0, 0.1) is 5.41 Å². The number of alkyl carbamates (subject to hydrolysis) is 1. The van der Waals surface area contributed by atoms with Crippen LogP contribution in [0.4, 0.5) is 26.7 Å². The summed E-state index contributed by atoms with van der Waals surface area (Å²) >= 11 is 7.89. The predicted molar refractivity (Wildman–Crippen MR) is 179 cm³/mol. The number of thiophene rings is 1. The molecule has 2 heterocycles. The molecule has 2 amide bonds. The number of aromatic nitrogens is 3. The molecule has 2 aromatic heterocycles. The van der Waals surface area contributed by atoms with Crippen molar-refractivity contribution in [2.45, 2.75) is 76.7 Å². The molecule has 1 aliphatic carbocycles. The van der Waals surface area contributed by atoms with Gasteiger partial charge in [-0.2, -0.15) is 18.3 Å². The Hall–Kier alpha value is -4.31. The van der Waals surface area contributed by atoms with Crippen LogP contribution < -0.4 is 11.1 Å². The summed E-state index contributed by atoms with van der Waals surface area (Å²) in [4.78, 5) is 35.9. The number of aliphatic imine (C=N–C) groups is 1.